The van der Waals surface area contributed by atoms with Gasteiger partial charge in [0.15, 0.2) is 0 Å². The molecular formula is C13H21NO2. The Hall–Kier alpha value is -1.06. The minimum atomic E-state index is 0.174. The van der Waals surface area contributed by atoms with Crippen LogP contribution in [0.4, 0.5) is 0 Å². The van der Waals surface area contributed by atoms with Crippen molar-refractivity contribution in [1.29, 1.82) is 0 Å². The molecule has 0 bridgehead atoms. The maximum absolute atomic E-state index is 9.02. The van der Waals surface area contributed by atoms with Gasteiger partial charge in [-0.05, 0) is 49.9 Å². The largest absolute Gasteiger partial charge is 0.494 e. The fraction of sp³-hybridized carbons (Fsp3) is 0.538. The topological polar surface area (TPSA) is 55.5 Å². The summed E-state index contributed by atoms with van der Waals surface area (Å²) in [6, 6.07) is 8.09. The number of benzene rings is 1. The van der Waals surface area contributed by atoms with Gasteiger partial charge in [0, 0.05) is 6.61 Å². The molecule has 1 unspecified atom stereocenters. The molecule has 0 saturated heterocycles. The van der Waals surface area contributed by atoms with Gasteiger partial charge in [0.1, 0.15) is 5.75 Å². The Morgan fingerprint density at radius 3 is 2.50 bits per heavy atom. The Balaban J connectivity index is 2.42. The van der Waals surface area contributed by atoms with Gasteiger partial charge in [0.25, 0.3) is 0 Å². The van der Waals surface area contributed by atoms with Gasteiger partial charge in [-0.25, -0.2) is 0 Å². The first-order valence-electron chi connectivity index (χ1n) is 5.82. The lowest BCUT2D eigenvalue weighted by molar-refractivity contribution is 0.223. The highest BCUT2D eigenvalue weighted by molar-refractivity contribution is 5.27. The van der Waals surface area contributed by atoms with Crippen molar-refractivity contribution in [3.63, 3.8) is 0 Å². The van der Waals surface area contributed by atoms with Crippen molar-refractivity contribution in [2.24, 2.45) is 11.7 Å². The summed E-state index contributed by atoms with van der Waals surface area (Å²) < 4.78 is 5.37. The van der Waals surface area contributed by atoms with E-state index in [9.17, 15) is 0 Å². The maximum Gasteiger partial charge on any atom is 0.119 e. The Labute approximate surface area is 97.2 Å². The second-order valence-electron chi connectivity index (χ2n) is 3.90. The fourth-order valence-electron chi connectivity index (χ4n) is 1.57. The van der Waals surface area contributed by atoms with E-state index in [0.717, 1.165) is 18.6 Å². The SMILES string of the molecule is CCOc1ccc(CCC(CN)CO)cc1. The molecule has 0 aliphatic rings. The zero-order valence-corrected chi connectivity index (χ0v) is 9.86. The van der Waals surface area contributed by atoms with Gasteiger partial charge in [-0.15, -0.1) is 0 Å². The molecule has 3 nitrogen and oxygen atoms in total. The van der Waals surface area contributed by atoms with E-state index in [1.165, 1.54) is 5.56 Å². The van der Waals surface area contributed by atoms with Crippen LogP contribution in [0.25, 0.3) is 0 Å². The number of rotatable bonds is 7. The Bertz CT molecular complexity index is 280. The van der Waals surface area contributed by atoms with E-state index >= 15 is 0 Å². The second-order valence-corrected chi connectivity index (χ2v) is 3.90. The van der Waals surface area contributed by atoms with Gasteiger partial charge >= 0.3 is 0 Å². The fourth-order valence-corrected chi connectivity index (χ4v) is 1.57. The average molecular weight is 223 g/mol. The monoisotopic (exact) mass is 223 g/mol. The van der Waals surface area contributed by atoms with Crippen LogP contribution in [0.1, 0.15) is 18.9 Å². The first-order chi connectivity index (χ1) is 7.80. The van der Waals surface area contributed by atoms with Gasteiger partial charge in [0.05, 0.1) is 6.61 Å². The Morgan fingerprint density at radius 2 is 2.00 bits per heavy atom. The number of hydrogen-bond donors (Lipinski definition) is 2. The van der Waals surface area contributed by atoms with Crippen LogP contribution in [0.3, 0.4) is 0 Å². The normalized spacial score (nSPS) is 12.4. The molecule has 0 aliphatic heterocycles. The third-order valence-corrected chi connectivity index (χ3v) is 2.67. The molecule has 0 heterocycles. The van der Waals surface area contributed by atoms with Crippen molar-refractivity contribution in [3.8, 4) is 5.75 Å². The zero-order valence-electron chi connectivity index (χ0n) is 9.86. The molecule has 1 atom stereocenters. The first-order valence-corrected chi connectivity index (χ1v) is 5.82. The summed E-state index contributed by atoms with van der Waals surface area (Å²) in [5, 5.41) is 9.02. The lowest BCUT2D eigenvalue weighted by atomic mass is 10.0. The van der Waals surface area contributed by atoms with Gasteiger partial charge < -0.3 is 15.6 Å². The number of nitrogens with two attached hydrogens (primary N) is 1. The standard InChI is InChI=1S/C13H21NO2/c1-2-16-13-7-5-11(6-8-13)3-4-12(9-14)10-15/h5-8,12,15H,2-4,9-10,14H2,1H3. The molecule has 0 aliphatic carbocycles. The van der Waals surface area contributed by atoms with E-state index in [1.807, 2.05) is 19.1 Å². The van der Waals surface area contributed by atoms with Crippen molar-refractivity contribution in [2.45, 2.75) is 19.8 Å². The minimum absolute atomic E-state index is 0.174. The van der Waals surface area contributed by atoms with Gasteiger partial charge in [0.2, 0.25) is 0 Å². The van der Waals surface area contributed by atoms with E-state index < -0.39 is 0 Å². The minimum Gasteiger partial charge on any atom is -0.494 e. The quantitative estimate of drug-likeness (QED) is 0.738. The predicted octanol–water partition coefficient (Wildman–Crippen LogP) is 1.59. The van der Waals surface area contributed by atoms with Crippen LogP contribution in [0, 0.1) is 5.92 Å². The molecule has 1 rings (SSSR count). The van der Waals surface area contributed by atoms with Crippen LogP contribution < -0.4 is 10.5 Å². The molecule has 16 heavy (non-hydrogen) atoms. The summed E-state index contributed by atoms with van der Waals surface area (Å²) in [5.41, 5.74) is 6.79. The molecule has 0 amide bonds. The van der Waals surface area contributed by atoms with Gasteiger partial charge in [-0.1, -0.05) is 12.1 Å². The van der Waals surface area contributed by atoms with Crippen LogP contribution in [0.2, 0.25) is 0 Å². The Kier molecular flexibility index (Phi) is 5.90. The predicted molar refractivity (Wildman–Crippen MR) is 65.6 cm³/mol. The highest BCUT2D eigenvalue weighted by atomic mass is 16.5. The second kappa shape index (κ2) is 7.25. The smallest absolute Gasteiger partial charge is 0.119 e. The number of hydrogen-bond acceptors (Lipinski definition) is 3. The highest BCUT2D eigenvalue weighted by Gasteiger charge is 2.05. The molecule has 3 N–H and O–H groups in total. The molecule has 90 valence electrons. The molecule has 3 heteroatoms. The number of aliphatic hydroxyl groups is 1. The third-order valence-electron chi connectivity index (χ3n) is 2.67. The summed E-state index contributed by atoms with van der Waals surface area (Å²) in [6.45, 7) is 3.39. The summed E-state index contributed by atoms with van der Waals surface area (Å²) in [5.74, 6) is 1.12. The van der Waals surface area contributed by atoms with Crippen molar-refractivity contribution < 1.29 is 9.84 Å². The summed E-state index contributed by atoms with van der Waals surface area (Å²) in [7, 11) is 0. The van der Waals surface area contributed by atoms with Crippen LogP contribution >= 0.6 is 0 Å². The van der Waals surface area contributed by atoms with Crippen LogP contribution in [0.5, 0.6) is 5.75 Å². The van der Waals surface area contributed by atoms with Gasteiger partial charge in [-0.3, -0.25) is 0 Å². The first kappa shape index (κ1) is 13.0. The molecule has 0 spiro atoms. The van der Waals surface area contributed by atoms with E-state index in [2.05, 4.69) is 12.1 Å². The van der Waals surface area contributed by atoms with Crippen LogP contribution in [0.15, 0.2) is 24.3 Å². The molecular weight excluding hydrogens is 202 g/mol. The molecule has 0 aromatic heterocycles. The van der Waals surface area contributed by atoms with E-state index in [4.69, 9.17) is 15.6 Å². The van der Waals surface area contributed by atoms with Crippen molar-refractivity contribution in [3.05, 3.63) is 29.8 Å². The average Bonchev–Trinajstić information content (AvgIpc) is 2.33. The third kappa shape index (κ3) is 4.21. The summed E-state index contributed by atoms with van der Waals surface area (Å²) >= 11 is 0. The molecule has 1 aromatic rings. The lowest BCUT2D eigenvalue weighted by Gasteiger charge is -2.11. The van der Waals surface area contributed by atoms with E-state index in [-0.39, 0.29) is 12.5 Å². The van der Waals surface area contributed by atoms with Gasteiger partial charge in [-0.2, -0.15) is 0 Å². The Morgan fingerprint density at radius 1 is 1.31 bits per heavy atom. The number of ether oxygens (including phenoxy) is 1. The molecule has 0 saturated carbocycles. The molecule has 0 radical (unpaired) electrons. The van der Waals surface area contributed by atoms with Crippen molar-refractivity contribution in [2.75, 3.05) is 19.8 Å². The van der Waals surface area contributed by atoms with E-state index in [0.29, 0.717) is 13.2 Å². The van der Waals surface area contributed by atoms with E-state index in [1.54, 1.807) is 0 Å². The van der Waals surface area contributed by atoms with Crippen molar-refractivity contribution in [1.82, 2.24) is 0 Å². The molecule has 0 fully saturated rings. The summed E-state index contributed by atoms with van der Waals surface area (Å²) in [4.78, 5) is 0. The maximum atomic E-state index is 9.02. The van der Waals surface area contributed by atoms with Crippen LogP contribution in [-0.4, -0.2) is 24.9 Å². The highest BCUT2D eigenvalue weighted by Crippen LogP contribution is 2.14. The zero-order chi connectivity index (χ0) is 11.8. The van der Waals surface area contributed by atoms with Crippen molar-refractivity contribution >= 4 is 0 Å². The molecule has 1 aromatic carbocycles. The lowest BCUT2D eigenvalue weighted by Crippen LogP contribution is -2.18. The summed E-state index contributed by atoms with van der Waals surface area (Å²) in [6.07, 6.45) is 1.88. The number of aliphatic hydroxyl groups excluding tert-OH is 1. The number of aryl methyl sites for hydroxylation is 1. The van der Waals surface area contributed by atoms with Crippen LogP contribution in [-0.2, 0) is 6.42 Å².